The molecule has 2 aliphatic rings. The van der Waals surface area contributed by atoms with Crippen molar-refractivity contribution in [3.8, 4) is 0 Å². The number of anilines is 1. The number of hydrogen-bond donors (Lipinski definition) is 1. The average Bonchev–Trinajstić information content (AvgIpc) is 2.73. The second kappa shape index (κ2) is 4.43. The van der Waals surface area contributed by atoms with Crippen LogP contribution in [0.3, 0.4) is 0 Å². The van der Waals surface area contributed by atoms with Crippen LogP contribution in [0.15, 0.2) is 18.2 Å². The molecule has 2 aliphatic carbocycles. The third-order valence-electron chi connectivity index (χ3n) is 6.78. The fourth-order valence-electron chi connectivity index (χ4n) is 4.47. The van der Waals surface area contributed by atoms with Crippen LogP contribution in [0, 0.1) is 30.1 Å². The van der Waals surface area contributed by atoms with Crippen LogP contribution in [0.2, 0.25) is 0 Å². The molecular formula is C19H25NO2. The van der Waals surface area contributed by atoms with E-state index >= 15 is 0 Å². The summed E-state index contributed by atoms with van der Waals surface area (Å²) in [6.07, 6.45) is 2.01. The van der Waals surface area contributed by atoms with E-state index in [4.69, 9.17) is 0 Å². The molecule has 0 radical (unpaired) electrons. The Hall–Kier alpha value is -1.64. The van der Waals surface area contributed by atoms with E-state index in [1.54, 1.807) is 0 Å². The van der Waals surface area contributed by atoms with Crippen molar-refractivity contribution in [2.75, 3.05) is 5.32 Å². The van der Waals surface area contributed by atoms with Gasteiger partial charge in [-0.05, 0) is 49.3 Å². The molecule has 1 aromatic carbocycles. The number of ketones is 1. The number of hydrogen-bond acceptors (Lipinski definition) is 2. The Morgan fingerprint density at radius 2 is 1.82 bits per heavy atom. The molecule has 2 saturated carbocycles. The second-order valence-corrected chi connectivity index (χ2v) is 7.91. The zero-order chi connectivity index (χ0) is 16.3. The first-order chi connectivity index (χ1) is 10.1. The van der Waals surface area contributed by atoms with E-state index in [0.29, 0.717) is 6.42 Å². The van der Waals surface area contributed by atoms with Gasteiger partial charge in [0.1, 0.15) is 5.78 Å². The first-order valence-corrected chi connectivity index (χ1v) is 8.06. The summed E-state index contributed by atoms with van der Waals surface area (Å²) >= 11 is 0. The predicted molar refractivity (Wildman–Crippen MR) is 87.7 cm³/mol. The molecule has 1 aromatic rings. The van der Waals surface area contributed by atoms with Crippen molar-refractivity contribution in [1.82, 2.24) is 0 Å². The molecule has 3 nitrogen and oxygen atoms in total. The lowest BCUT2D eigenvalue weighted by Gasteiger charge is -2.38. The first-order valence-electron chi connectivity index (χ1n) is 8.06. The monoisotopic (exact) mass is 299 g/mol. The van der Waals surface area contributed by atoms with Gasteiger partial charge in [0.15, 0.2) is 0 Å². The highest BCUT2D eigenvalue weighted by Crippen LogP contribution is 2.70. The van der Waals surface area contributed by atoms with Crippen molar-refractivity contribution < 1.29 is 9.59 Å². The van der Waals surface area contributed by atoms with Crippen LogP contribution in [0.1, 0.15) is 51.2 Å². The first kappa shape index (κ1) is 15.3. The quantitative estimate of drug-likeness (QED) is 0.896. The predicted octanol–water partition coefficient (Wildman–Crippen LogP) is 4.03. The molecule has 22 heavy (non-hydrogen) atoms. The van der Waals surface area contributed by atoms with Gasteiger partial charge in [-0.3, -0.25) is 9.59 Å². The maximum atomic E-state index is 13.1. The molecule has 0 aromatic heterocycles. The topological polar surface area (TPSA) is 46.2 Å². The average molecular weight is 299 g/mol. The van der Waals surface area contributed by atoms with Crippen molar-refractivity contribution in [2.24, 2.45) is 16.2 Å². The summed E-state index contributed by atoms with van der Waals surface area (Å²) in [6.45, 7) is 10.2. The van der Waals surface area contributed by atoms with Crippen LogP contribution in [0.5, 0.6) is 0 Å². The van der Waals surface area contributed by atoms with Crippen molar-refractivity contribution >= 4 is 17.4 Å². The molecule has 0 unspecified atom stereocenters. The Balaban J connectivity index is 1.96. The lowest BCUT2D eigenvalue weighted by Crippen LogP contribution is -2.43. The lowest BCUT2D eigenvalue weighted by molar-refractivity contribution is -0.131. The maximum Gasteiger partial charge on any atom is 0.231 e. The number of Topliss-reactive ketones (excluding diaryl/α,β-unsaturated/α-hetero) is 1. The molecule has 2 fully saturated rings. The van der Waals surface area contributed by atoms with E-state index in [0.717, 1.165) is 29.7 Å². The molecule has 0 heterocycles. The summed E-state index contributed by atoms with van der Waals surface area (Å²) in [6, 6.07) is 6.06. The van der Waals surface area contributed by atoms with E-state index in [-0.39, 0.29) is 22.5 Å². The molecule has 118 valence electrons. The zero-order valence-electron chi connectivity index (χ0n) is 14.2. The molecular weight excluding hydrogens is 274 g/mol. The van der Waals surface area contributed by atoms with Crippen LogP contribution in [0.25, 0.3) is 0 Å². The van der Waals surface area contributed by atoms with E-state index in [1.165, 1.54) is 0 Å². The zero-order valence-corrected chi connectivity index (χ0v) is 14.2. The summed E-state index contributed by atoms with van der Waals surface area (Å²) in [5, 5.41) is 3.11. The van der Waals surface area contributed by atoms with Gasteiger partial charge in [0.05, 0.1) is 5.41 Å². The number of fused-ring (bicyclic) bond motifs is 2. The number of benzene rings is 1. The molecule has 2 atom stereocenters. The Morgan fingerprint density at radius 3 is 2.36 bits per heavy atom. The summed E-state index contributed by atoms with van der Waals surface area (Å²) in [7, 11) is 0. The van der Waals surface area contributed by atoms with Gasteiger partial charge in [0.2, 0.25) is 5.91 Å². The minimum absolute atomic E-state index is 0.0146. The van der Waals surface area contributed by atoms with Gasteiger partial charge in [0.25, 0.3) is 0 Å². The third kappa shape index (κ3) is 1.68. The van der Waals surface area contributed by atoms with Crippen molar-refractivity contribution in [3.05, 3.63) is 29.3 Å². The van der Waals surface area contributed by atoms with Crippen molar-refractivity contribution in [1.29, 1.82) is 0 Å². The molecule has 3 rings (SSSR count). The van der Waals surface area contributed by atoms with Crippen molar-refractivity contribution in [2.45, 2.75) is 53.9 Å². The number of rotatable bonds is 2. The molecule has 1 amide bonds. The highest BCUT2D eigenvalue weighted by Gasteiger charge is 2.72. The molecule has 0 aliphatic heterocycles. The normalized spacial score (nSPS) is 32.3. The van der Waals surface area contributed by atoms with Crippen LogP contribution in [0.4, 0.5) is 5.69 Å². The second-order valence-electron chi connectivity index (χ2n) is 7.91. The van der Waals surface area contributed by atoms with E-state index in [1.807, 2.05) is 39.0 Å². The number of aryl methyl sites for hydroxylation is 2. The highest BCUT2D eigenvalue weighted by molar-refractivity contribution is 6.04. The van der Waals surface area contributed by atoms with E-state index in [9.17, 15) is 9.59 Å². The van der Waals surface area contributed by atoms with E-state index < -0.39 is 5.41 Å². The van der Waals surface area contributed by atoms with Crippen LogP contribution in [-0.4, -0.2) is 11.7 Å². The van der Waals surface area contributed by atoms with Gasteiger partial charge >= 0.3 is 0 Å². The summed E-state index contributed by atoms with van der Waals surface area (Å²) in [5.74, 6) is 0.264. The fraction of sp³-hybridized carbons (Fsp3) is 0.579. The molecule has 1 N–H and O–H groups in total. The molecule has 2 bridgehead atoms. The smallest absolute Gasteiger partial charge is 0.231 e. The Kier molecular flexibility index (Phi) is 3.08. The Morgan fingerprint density at radius 1 is 1.14 bits per heavy atom. The maximum absolute atomic E-state index is 13.1. The van der Waals surface area contributed by atoms with Gasteiger partial charge in [-0.25, -0.2) is 0 Å². The number of carbonyl (C=O) groups excluding carboxylic acids is 2. The van der Waals surface area contributed by atoms with Crippen LogP contribution in [-0.2, 0) is 9.59 Å². The molecule has 0 saturated heterocycles. The number of nitrogens with one attached hydrogen (secondary N) is 1. The van der Waals surface area contributed by atoms with Crippen LogP contribution < -0.4 is 5.32 Å². The molecule has 3 heteroatoms. The largest absolute Gasteiger partial charge is 0.325 e. The number of carbonyl (C=O) groups is 2. The fourth-order valence-corrected chi connectivity index (χ4v) is 4.47. The van der Waals surface area contributed by atoms with Gasteiger partial charge in [-0.15, -0.1) is 0 Å². The minimum atomic E-state index is -0.560. The third-order valence-corrected chi connectivity index (χ3v) is 6.78. The summed E-state index contributed by atoms with van der Waals surface area (Å²) in [5.41, 5.74) is 1.83. The van der Waals surface area contributed by atoms with Crippen LogP contribution >= 0.6 is 0 Å². The SMILES string of the molecule is Cc1ccc(C)c(NC(=O)[C@]23CC[C@@](C)(C(=O)C2)C3(C)C)c1. The minimum Gasteiger partial charge on any atom is -0.325 e. The van der Waals surface area contributed by atoms with Gasteiger partial charge < -0.3 is 5.32 Å². The highest BCUT2D eigenvalue weighted by atomic mass is 16.2. The Bertz CT molecular complexity index is 676. The van der Waals surface area contributed by atoms with Gasteiger partial charge in [-0.2, -0.15) is 0 Å². The van der Waals surface area contributed by atoms with Gasteiger partial charge in [0, 0.05) is 17.5 Å². The lowest BCUT2D eigenvalue weighted by atomic mass is 9.64. The summed E-state index contributed by atoms with van der Waals surface area (Å²) < 4.78 is 0. The van der Waals surface area contributed by atoms with Gasteiger partial charge in [-0.1, -0.05) is 32.9 Å². The van der Waals surface area contributed by atoms with E-state index in [2.05, 4.69) is 19.2 Å². The standard InChI is InChI=1S/C19H25NO2/c1-12-6-7-13(2)14(10-12)20-16(22)19-9-8-18(5,15(21)11-19)17(19,3)4/h6-7,10H,8-9,11H2,1-5H3,(H,20,22)/t18-,19-/m0/s1. The number of amides is 1. The summed E-state index contributed by atoms with van der Waals surface area (Å²) in [4.78, 5) is 25.6. The molecule has 0 spiro atoms. The Labute approximate surface area is 132 Å². The van der Waals surface area contributed by atoms with Crippen molar-refractivity contribution in [3.63, 3.8) is 0 Å².